The van der Waals surface area contributed by atoms with Crippen LogP contribution in [0.4, 0.5) is 20.8 Å². The number of sulfone groups is 1. The molecular formula is C25H19BrClFN2O3S2. The molecule has 0 unspecified atom stereocenters. The maximum absolute atomic E-state index is 13.7. The molecule has 0 aliphatic rings. The second kappa shape index (κ2) is 9.73. The molecule has 180 valence electrons. The average molecular weight is 594 g/mol. The van der Waals surface area contributed by atoms with E-state index < -0.39 is 21.4 Å². The first-order chi connectivity index (χ1) is 16.5. The SMILES string of the molecule is Cc1cccc(C)c1Nc1sc(C(=O)c2ccc(Br)cc2)c(N)c1S(=O)(=O)c1ccc(F)c(Cl)c1. The van der Waals surface area contributed by atoms with Gasteiger partial charge in [-0.15, -0.1) is 11.3 Å². The fourth-order valence-corrected chi connectivity index (χ4v) is 7.02. The topological polar surface area (TPSA) is 89.3 Å². The molecule has 0 aliphatic carbocycles. The summed E-state index contributed by atoms with van der Waals surface area (Å²) in [5.74, 6) is -1.16. The first-order valence-electron chi connectivity index (χ1n) is 10.3. The molecule has 0 radical (unpaired) electrons. The van der Waals surface area contributed by atoms with E-state index in [0.717, 1.165) is 45.1 Å². The molecule has 4 aromatic rings. The number of carbonyl (C=O) groups is 1. The Hall–Kier alpha value is -2.72. The Labute approximate surface area is 219 Å². The Balaban J connectivity index is 1.93. The lowest BCUT2D eigenvalue weighted by Crippen LogP contribution is -2.09. The maximum atomic E-state index is 13.7. The fourth-order valence-electron chi connectivity index (χ4n) is 3.57. The third-order valence-corrected chi connectivity index (χ3v) is 9.31. The highest BCUT2D eigenvalue weighted by atomic mass is 79.9. The van der Waals surface area contributed by atoms with Crippen molar-refractivity contribution in [3.05, 3.63) is 97.5 Å². The van der Waals surface area contributed by atoms with Crippen LogP contribution >= 0.6 is 38.9 Å². The first-order valence-corrected chi connectivity index (χ1v) is 13.7. The normalized spacial score (nSPS) is 11.5. The van der Waals surface area contributed by atoms with E-state index in [1.54, 1.807) is 24.3 Å². The highest BCUT2D eigenvalue weighted by molar-refractivity contribution is 9.10. The molecule has 0 aliphatic heterocycles. The summed E-state index contributed by atoms with van der Waals surface area (Å²) >= 11 is 10.2. The number of anilines is 3. The second-order valence-electron chi connectivity index (χ2n) is 7.81. The van der Waals surface area contributed by atoms with Crippen molar-refractivity contribution < 1.29 is 17.6 Å². The van der Waals surface area contributed by atoms with Crippen LogP contribution in [0, 0.1) is 19.7 Å². The quantitative estimate of drug-likeness (QED) is 0.181. The lowest BCUT2D eigenvalue weighted by Gasteiger charge is -2.14. The smallest absolute Gasteiger partial charge is 0.211 e. The number of ketones is 1. The van der Waals surface area contributed by atoms with Crippen molar-refractivity contribution in [3.63, 3.8) is 0 Å². The molecule has 0 saturated carbocycles. The van der Waals surface area contributed by atoms with E-state index in [-0.39, 0.29) is 30.4 Å². The van der Waals surface area contributed by atoms with Gasteiger partial charge in [-0.05, 0) is 67.4 Å². The highest BCUT2D eigenvalue weighted by Gasteiger charge is 2.32. The van der Waals surface area contributed by atoms with Gasteiger partial charge in [-0.1, -0.05) is 45.7 Å². The number of carbonyl (C=O) groups excluding carboxylic acids is 1. The summed E-state index contributed by atoms with van der Waals surface area (Å²) in [6, 6.07) is 15.5. The summed E-state index contributed by atoms with van der Waals surface area (Å²) in [7, 11) is -4.27. The molecule has 0 amide bonds. The molecule has 0 fully saturated rings. The van der Waals surface area contributed by atoms with Gasteiger partial charge in [-0.3, -0.25) is 4.79 Å². The lowest BCUT2D eigenvalue weighted by molar-refractivity contribution is 0.104. The van der Waals surface area contributed by atoms with Gasteiger partial charge in [0.1, 0.15) is 20.6 Å². The van der Waals surface area contributed by atoms with Crippen LogP contribution in [0.2, 0.25) is 5.02 Å². The number of nitrogens with two attached hydrogens (primary N) is 1. The summed E-state index contributed by atoms with van der Waals surface area (Å²) in [5.41, 5.74) is 8.98. The average Bonchev–Trinajstić information content (AvgIpc) is 3.14. The summed E-state index contributed by atoms with van der Waals surface area (Å²) in [6.07, 6.45) is 0. The molecule has 0 atom stereocenters. The van der Waals surface area contributed by atoms with Gasteiger partial charge in [0.2, 0.25) is 15.6 Å². The van der Waals surface area contributed by atoms with Gasteiger partial charge in [-0.25, -0.2) is 12.8 Å². The van der Waals surface area contributed by atoms with Crippen molar-refractivity contribution in [1.82, 2.24) is 0 Å². The van der Waals surface area contributed by atoms with Crippen molar-refractivity contribution in [2.75, 3.05) is 11.1 Å². The van der Waals surface area contributed by atoms with Crippen molar-refractivity contribution >= 4 is 70.9 Å². The van der Waals surface area contributed by atoms with Crippen LogP contribution in [0.25, 0.3) is 0 Å². The third kappa shape index (κ3) is 4.86. The summed E-state index contributed by atoms with van der Waals surface area (Å²) in [6.45, 7) is 3.77. The maximum Gasteiger partial charge on any atom is 0.211 e. The zero-order chi connectivity index (χ0) is 25.5. The molecule has 0 saturated heterocycles. The highest BCUT2D eigenvalue weighted by Crippen LogP contribution is 2.45. The minimum atomic E-state index is -4.27. The number of rotatable bonds is 6. The minimum Gasteiger partial charge on any atom is -0.396 e. The number of nitrogen functional groups attached to an aromatic ring is 1. The van der Waals surface area contributed by atoms with Gasteiger partial charge in [0.15, 0.2) is 0 Å². The van der Waals surface area contributed by atoms with E-state index in [2.05, 4.69) is 21.2 Å². The van der Waals surface area contributed by atoms with Gasteiger partial charge in [-0.2, -0.15) is 0 Å². The monoisotopic (exact) mass is 592 g/mol. The van der Waals surface area contributed by atoms with Crippen LogP contribution in [-0.2, 0) is 9.84 Å². The Morgan fingerprint density at radius 1 is 1.06 bits per heavy atom. The minimum absolute atomic E-state index is 0.0767. The predicted molar refractivity (Wildman–Crippen MR) is 142 cm³/mol. The van der Waals surface area contributed by atoms with Gasteiger partial charge in [0.05, 0.1) is 15.6 Å². The standard InChI is InChI=1S/C25H19BrClFN2O3S2/c1-13-4-3-5-14(2)21(13)30-25-24(35(32,33)17-10-11-19(28)18(27)12-17)20(29)23(34-25)22(31)15-6-8-16(26)9-7-15/h3-12,30H,29H2,1-2H3. The molecule has 5 nitrogen and oxygen atoms in total. The third-order valence-electron chi connectivity index (χ3n) is 5.40. The van der Waals surface area contributed by atoms with E-state index in [1.807, 2.05) is 32.0 Å². The number of benzene rings is 3. The Bertz CT molecular complexity index is 1550. The predicted octanol–water partition coefficient (Wildman–Crippen LogP) is 7.31. The molecule has 10 heteroatoms. The summed E-state index contributed by atoms with van der Waals surface area (Å²) in [4.78, 5) is 12.9. The molecule has 0 spiro atoms. The zero-order valence-electron chi connectivity index (χ0n) is 18.5. The van der Waals surface area contributed by atoms with E-state index in [9.17, 15) is 17.6 Å². The van der Waals surface area contributed by atoms with Crippen LogP contribution in [0.1, 0.15) is 26.4 Å². The van der Waals surface area contributed by atoms with Crippen molar-refractivity contribution in [2.24, 2.45) is 0 Å². The number of para-hydroxylation sites is 1. The fraction of sp³-hybridized carbons (Fsp3) is 0.0800. The van der Waals surface area contributed by atoms with Crippen LogP contribution in [0.5, 0.6) is 0 Å². The molecular weight excluding hydrogens is 575 g/mol. The molecule has 35 heavy (non-hydrogen) atoms. The van der Waals surface area contributed by atoms with Crippen molar-refractivity contribution in [3.8, 4) is 0 Å². The number of hydrogen-bond acceptors (Lipinski definition) is 6. The second-order valence-corrected chi connectivity index (χ2v) is 12.0. The largest absolute Gasteiger partial charge is 0.396 e. The number of nitrogens with one attached hydrogen (secondary N) is 1. The number of halogens is 3. The Morgan fingerprint density at radius 3 is 2.29 bits per heavy atom. The van der Waals surface area contributed by atoms with Crippen molar-refractivity contribution in [1.29, 1.82) is 0 Å². The van der Waals surface area contributed by atoms with Crippen LogP contribution in [0.3, 0.4) is 0 Å². The van der Waals surface area contributed by atoms with Crippen LogP contribution in [-0.4, -0.2) is 14.2 Å². The first kappa shape index (κ1) is 25.4. The lowest BCUT2D eigenvalue weighted by atomic mass is 10.1. The van der Waals surface area contributed by atoms with E-state index >= 15 is 0 Å². The van der Waals surface area contributed by atoms with E-state index in [0.29, 0.717) is 11.3 Å². The summed E-state index contributed by atoms with van der Waals surface area (Å²) < 4.78 is 41.9. The number of thiophene rings is 1. The number of hydrogen-bond donors (Lipinski definition) is 2. The molecule has 4 rings (SSSR count). The Kier molecular flexibility index (Phi) is 7.06. The van der Waals surface area contributed by atoms with Gasteiger partial charge < -0.3 is 11.1 Å². The van der Waals surface area contributed by atoms with Gasteiger partial charge in [0.25, 0.3) is 0 Å². The number of aryl methyl sites for hydroxylation is 2. The van der Waals surface area contributed by atoms with Crippen LogP contribution in [0.15, 0.2) is 74.9 Å². The molecule has 1 aromatic heterocycles. The Morgan fingerprint density at radius 2 is 1.69 bits per heavy atom. The molecule has 3 aromatic carbocycles. The zero-order valence-corrected chi connectivity index (χ0v) is 22.5. The molecule has 0 bridgehead atoms. The summed E-state index contributed by atoms with van der Waals surface area (Å²) in [5, 5.41) is 3.02. The molecule has 1 heterocycles. The van der Waals surface area contributed by atoms with Crippen LogP contribution < -0.4 is 11.1 Å². The van der Waals surface area contributed by atoms with Gasteiger partial charge >= 0.3 is 0 Å². The van der Waals surface area contributed by atoms with E-state index in [1.165, 1.54) is 0 Å². The molecule has 3 N–H and O–H groups in total. The van der Waals surface area contributed by atoms with E-state index in [4.69, 9.17) is 17.3 Å². The van der Waals surface area contributed by atoms with Crippen molar-refractivity contribution in [2.45, 2.75) is 23.6 Å². The van der Waals surface area contributed by atoms with Gasteiger partial charge in [0, 0.05) is 15.7 Å².